The quantitative estimate of drug-likeness (QED) is 0.596. The lowest BCUT2D eigenvalue weighted by atomic mass is 9.75. The molecule has 0 fully saturated rings. The van der Waals surface area contributed by atoms with Crippen molar-refractivity contribution >= 4 is 29.0 Å². The number of nitrogens with two attached hydrogens (primary N) is 1. The summed E-state index contributed by atoms with van der Waals surface area (Å²) in [6.07, 6.45) is 1.74. The van der Waals surface area contributed by atoms with Gasteiger partial charge in [0.2, 0.25) is 0 Å². The molecule has 0 radical (unpaired) electrons. The first-order valence-electron chi connectivity index (χ1n) is 11.1. The van der Waals surface area contributed by atoms with E-state index in [1.54, 1.807) is 43.2 Å². The Labute approximate surface area is 203 Å². The minimum absolute atomic E-state index is 0.0192. The summed E-state index contributed by atoms with van der Waals surface area (Å²) < 4.78 is 16.3. The maximum atomic E-state index is 13.4. The molecule has 0 saturated heterocycles. The molecule has 0 saturated carbocycles. The van der Waals surface area contributed by atoms with Gasteiger partial charge in [-0.05, 0) is 61.7 Å². The zero-order valence-electron chi connectivity index (χ0n) is 19.4. The molecule has 2 aliphatic rings. The Morgan fingerprint density at radius 3 is 2.44 bits per heavy atom. The molecule has 2 N–H and O–H groups in total. The highest BCUT2D eigenvalue weighted by molar-refractivity contribution is 6.30. The van der Waals surface area contributed by atoms with Crippen LogP contribution in [0.15, 0.2) is 65.1 Å². The van der Waals surface area contributed by atoms with Crippen LogP contribution in [-0.4, -0.2) is 32.6 Å². The SMILES string of the molecule is CCOC(=O)C1=C(N)N(c2ccc(Cl)cc2)C2=C(C(=O)CCC2)C1c1ccc(OC)c(OC)c1. The molecular weight excluding hydrogens is 456 g/mol. The van der Waals surface area contributed by atoms with Gasteiger partial charge < -0.3 is 19.9 Å². The predicted octanol–water partition coefficient (Wildman–Crippen LogP) is 4.70. The van der Waals surface area contributed by atoms with E-state index in [1.807, 2.05) is 18.2 Å². The number of carbonyl (C=O) groups excluding carboxylic acids is 2. The summed E-state index contributed by atoms with van der Waals surface area (Å²) in [4.78, 5) is 28.4. The Kier molecular flexibility index (Phi) is 6.84. The number of nitrogens with zero attached hydrogens (tertiary/aromatic N) is 1. The normalized spacial score (nSPS) is 18.1. The number of methoxy groups -OCH3 is 2. The number of halogens is 1. The summed E-state index contributed by atoms with van der Waals surface area (Å²) in [7, 11) is 3.09. The van der Waals surface area contributed by atoms with E-state index in [9.17, 15) is 9.59 Å². The van der Waals surface area contributed by atoms with Crippen molar-refractivity contribution in [3.05, 3.63) is 75.7 Å². The third kappa shape index (κ3) is 4.12. The number of hydrogen-bond donors (Lipinski definition) is 1. The fourth-order valence-corrected chi connectivity index (χ4v) is 4.77. The van der Waals surface area contributed by atoms with Gasteiger partial charge in [0.1, 0.15) is 5.82 Å². The van der Waals surface area contributed by atoms with E-state index in [4.69, 9.17) is 31.5 Å². The molecule has 178 valence electrons. The van der Waals surface area contributed by atoms with Crippen molar-refractivity contribution in [2.45, 2.75) is 32.1 Å². The fraction of sp³-hybridized carbons (Fsp3) is 0.308. The molecule has 1 aliphatic carbocycles. The Morgan fingerprint density at radius 2 is 1.79 bits per heavy atom. The number of ketones is 1. The highest BCUT2D eigenvalue weighted by Gasteiger charge is 2.43. The molecule has 1 unspecified atom stereocenters. The van der Waals surface area contributed by atoms with Gasteiger partial charge in [-0.15, -0.1) is 0 Å². The molecule has 2 aromatic carbocycles. The average Bonchev–Trinajstić information content (AvgIpc) is 2.84. The van der Waals surface area contributed by atoms with Crippen molar-refractivity contribution in [3.8, 4) is 11.5 Å². The van der Waals surface area contributed by atoms with Crippen molar-refractivity contribution in [2.24, 2.45) is 5.73 Å². The van der Waals surface area contributed by atoms with E-state index in [1.165, 1.54) is 7.11 Å². The van der Waals surface area contributed by atoms with Gasteiger partial charge in [-0.25, -0.2) is 4.79 Å². The summed E-state index contributed by atoms with van der Waals surface area (Å²) in [5.74, 6) is -0.00633. The molecule has 0 bridgehead atoms. The molecule has 0 amide bonds. The first-order valence-corrected chi connectivity index (χ1v) is 11.5. The van der Waals surface area contributed by atoms with E-state index in [0.717, 1.165) is 11.4 Å². The zero-order chi connectivity index (χ0) is 24.4. The van der Waals surface area contributed by atoms with Gasteiger partial charge >= 0.3 is 5.97 Å². The van der Waals surface area contributed by atoms with Crippen molar-refractivity contribution < 1.29 is 23.8 Å². The molecule has 2 aromatic rings. The van der Waals surface area contributed by atoms with Crippen molar-refractivity contribution in [1.82, 2.24) is 0 Å². The molecule has 7 nitrogen and oxygen atoms in total. The lowest BCUT2D eigenvalue weighted by molar-refractivity contribution is -0.138. The fourth-order valence-electron chi connectivity index (χ4n) is 4.65. The van der Waals surface area contributed by atoms with Crippen LogP contribution in [-0.2, 0) is 14.3 Å². The lowest BCUT2D eigenvalue weighted by Gasteiger charge is -2.40. The van der Waals surface area contributed by atoms with Crippen LogP contribution in [0.4, 0.5) is 5.69 Å². The molecule has 34 heavy (non-hydrogen) atoms. The number of rotatable bonds is 6. The van der Waals surface area contributed by atoms with Crippen LogP contribution >= 0.6 is 11.6 Å². The Balaban J connectivity index is 1.99. The molecule has 1 heterocycles. The molecule has 0 spiro atoms. The second-order valence-corrected chi connectivity index (χ2v) is 8.45. The number of Topliss-reactive ketones (excluding diaryl/α,β-unsaturated/α-hetero) is 1. The Hall–Kier alpha value is -3.45. The van der Waals surface area contributed by atoms with Gasteiger partial charge in [-0.1, -0.05) is 17.7 Å². The number of carbonyl (C=O) groups is 2. The maximum absolute atomic E-state index is 13.4. The van der Waals surface area contributed by atoms with Crippen LogP contribution in [0.2, 0.25) is 5.02 Å². The van der Waals surface area contributed by atoms with Gasteiger partial charge in [0, 0.05) is 28.4 Å². The van der Waals surface area contributed by atoms with Crippen LogP contribution in [0.5, 0.6) is 11.5 Å². The first-order chi connectivity index (χ1) is 16.4. The monoisotopic (exact) mass is 482 g/mol. The summed E-state index contributed by atoms with van der Waals surface area (Å²) >= 11 is 6.10. The predicted molar refractivity (Wildman–Crippen MR) is 130 cm³/mol. The first kappa shape index (κ1) is 23.7. The van der Waals surface area contributed by atoms with Crippen molar-refractivity contribution in [3.63, 3.8) is 0 Å². The standard InChI is InChI=1S/C26H27ClN2O5/c1-4-34-26(31)24-22(15-8-13-20(32-2)21(14-15)33-3)23-18(6-5-7-19(23)30)29(25(24)28)17-11-9-16(27)10-12-17/h8-14,22H,4-7,28H2,1-3H3. The number of anilines is 1. The molecule has 8 heteroatoms. The number of ether oxygens (including phenoxy) is 3. The lowest BCUT2D eigenvalue weighted by Crippen LogP contribution is -2.41. The Morgan fingerprint density at radius 1 is 1.09 bits per heavy atom. The van der Waals surface area contributed by atoms with Crippen LogP contribution in [0.3, 0.4) is 0 Å². The number of allylic oxidation sites excluding steroid dienone is 2. The smallest absolute Gasteiger partial charge is 0.338 e. The molecule has 0 aromatic heterocycles. The summed E-state index contributed by atoms with van der Waals surface area (Å²) in [6, 6.07) is 12.5. The second kappa shape index (κ2) is 9.81. The van der Waals surface area contributed by atoms with E-state index < -0.39 is 11.9 Å². The van der Waals surface area contributed by atoms with E-state index in [2.05, 4.69) is 0 Å². The van der Waals surface area contributed by atoms with E-state index >= 15 is 0 Å². The highest BCUT2D eigenvalue weighted by Crippen LogP contribution is 2.48. The van der Waals surface area contributed by atoms with Crippen LogP contribution < -0.4 is 20.1 Å². The number of esters is 1. The summed E-state index contributed by atoms with van der Waals surface area (Å²) in [5.41, 5.74) is 9.67. The Bertz CT molecular complexity index is 1190. The van der Waals surface area contributed by atoms with Gasteiger partial charge in [0.15, 0.2) is 17.3 Å². The maximum Gasteiger partial charge on any atom is 0.338 e. The van der Waals surface area contributed by atoms with E-state index in [0.29, 0.717) is 46.9 Å². The molecule has 1 atom stereocenters. The zero-order valence-corrected chi connectivity index (χ0v) is 20.1. The third-order valence-electron chi connectivity index (χ3n) is 6.11. The van der Waals surface area contributed by atoms with Crippen LogP contribution in [0.25, 0.3) is 0 Å². The molecule has 4 rings (SSSR count). The van der Waals surface area contributed by atoms with E-state index in [-0.39, 0.29) is 23.8 Å². The minimum Gasteiger partial charge on any atom is -0.493 e. The third-order valence-corrected chi connectivity index (χ3v) is 6.37. The van der Waals surface area contributed by atoms with Gasteiger partial charge in [-0.2, -0.15) is 0 Å². The number of benzene rings is 2. The van der Waals surface area contributed by atoms with Crippen LogP contribution in [0.1, 0.15) is 37.7 Å². The largest absolute Gasteiger partial charge is 0.493 e. The van der Waals surface area contributed by atoms with Crippen LogP contribution in [0, 0.1) is 0 Å². The van der Waals surface area contributed by atoms with Crippen molar-refractivity contribution in [2.75, 3.05) is 25.7 Å². The molecular formula is C26H27ClN2O5. The minimum atomic E-state index is -0.690. The number of hydrogen-bond acceptors (Lipinski definition) is 7. The molecule has 1 aliphatic heterocycles. The summed E-state index contributed by atoms with van der Waals surface area (Å²) in [5, 5.41) is 0.575. The van der Waals surface area contributed by atoms with Gasteiger partial charge in [0.25, 0.3) is 0 Å². The second-order valence-electron chi connectivity index (χ2n) is 8.02. The van der Waals surface area contributed by atoms with Crippen molar-refractivity contribution in [1.29, 1.82) is 0 Å². The summed E-state index contributed by atoms with van der Waals surface area (Å²) in [6.45, 7) is 1.91. The highest BCUT2D eigenvalue weighted by atomic mass is 35.5. The topological polar surface area (TPSA) is 91.1 Å². The average molecular weight is 483 g/mol. The van der Waals surface area contributed by atoms with Gasteiger partial charge in [-0.3, -0.25) is 9.69 Å². The van der Waals surface area contributed by atoms with Gasteiger partial charge in [0.05, 0.1) is 32.3 Å².